The van der Waals surface area contributed by atoms with Gasteiger partial charge in [0.1, 0.15) is 0 Å². The summed E-state index contributed by atoms with van der Waals surface area (Å²) in [5.74, 6) is -0.927. The number of carbonyl (C=O) groups is 2. The summed E-state index contributed by atoms with van der Waals surface area (Å²) >= 11 is 0. The second-order valence-corrected chi connectivity index (χ2v) is 9.93. The fourth-order valence-corrected chi connectivity index (χ4v) is 4.05. The Bertz CT molecular complexity index is 1290. The first-order valence-corrected chi connectivity index (χ1v) is 13.1. The lowest BCUT2D eigenvalue weighted by molar-refractivity contribution is 0.0698. The number of carboxylic acid groups (broad SMARTS) is 1. The van der Waals surface area contributed by atoms with Crippen molar-refractivity contribution in [2.45, 2.75) is 45.4 Å². The normalized spacial score (nSPS) is 10.6. The second-order valence-electron chi connectivity index (χ2n) is 8.25. The molecule has 9 heteroatoms. The molecule has 0 fully saturated rings. The number of benzene rings is 3. The highest BCUT2D eigenvalue weighted by Gasteiger charge is 2.16. The molecule has 0 saturated heterocycles. The zero-order valence-electron chi connectivity index (χ0n) is 21.0. The number of nitrogens with one attached hydrogen (secondary N) is 3. The Kier molecular flexibility index (Phi) is 10.5. The van der Waals surface area contributed by atoms with Crippen LogP contribution in [0.2, 0.25) is 0 Å². The van der Waals surface area contributed by atoms with Crippen LogP contribution < -0.4 is 15.4 Å². The Morgan fingerprint density at radius 1 is 0.861 bits per heavy atom. The molecule has 0 aliphatic carbocycles. The van der Waals surface area contributed by atoms with Gasteiger partial charge in [0.25, 0.3) is 10.0 Å². The van der Waals surface area contributed by atoms with E-state index in [2.05, 4.69) is 10.6 Å². The largest absolute Gasteiger partial charge is 0.478 e. The molecule has 3 aromatic rings. The van der Waals surface area contributed by atoms with Gasteiger partial charge in [-0.15, -0.1) is 0 Å². The molecule has 0 aromatic heterocycles. The van der Waals surface area contributed by atoms with E-state index in [0.29, 0.717) is 12.2 Å². The van der Waals surface area contributed by atoms with Crippen LogP contribution >= 0.6 is 0 Å². The van der Waals surface area contributed by atoms with Gasteiger partial charge in [-0.25, -0.2) is 22.7 Å². The first kappa shape index (κ1) is 28.4. The van der Waals surface area contributed by atoms with Crippen LogP contribution in [0.25, 0.3) is 0 Å². The molecule has 0 bridgehead atoms. The number of aryl methyl sites for hydroxylation is 2. The van der Waals surface area contributed by atoms with Gasteiger partial charge < -0.3 is 15.7 Å². The molecule has 8 nitrogen and oxygen atoms in total. The molecular formula is C27H33N3O5S. The van der Waals surface area contributed by atoms with Gasteiger partial charge >= 0.3 is 12.0 Å². The Balaban J connectivity index is 0.000000254. The lowest BCUT2D eigenvalue weighted by Crippen LogP contribution is -2.39. The quantitative estimate of drug-likeness (QED) is 0.295. The Hall–Kier alpha value is -3.85. The highest BCUT2D eigenvalue weighted by Crippen LogP contribution is 2.25. The summed E-state index contributed by atoms with van der Waals surface area (Å²) in [5, 5.41) is 14.8. The van der Waals surface area contributed by atoms with Crippen molar-refractivity contribution in [3.05, 3.63) is 89.0 Å². The van der Waals surface area contributed by atoms with E-state index in [4.69, 9.17) is 5.11 Å². The highest BCUT2D eigenvalue weighted by atomic mass is 32.2. The third kappa shape index (κ3) is 8.42. The predicted molar refractivity (Wildman–Crippen MR) is 142 cm³/mol. The number of hydrogen-bond acceptors (Lipinski definition) is 5. The first-order chi connectivity index (χ1) is 17.0. The van der Waals surface area contributed by atoms with E-state index in [1.54, 1.807) is 30.3 Å². The van der Waals surface area contributed by atoms with Crippen molar-refractivity contribution in [3.8, 4) is 0 Å². The van der Waals surface area contributed by atoms with Crippen molar-refractivity contribution in [1.82, 2.24) is 10.0 Å². The van der Waals surface area contributed by atoms with Crippen LogP contribution in [0.1, 0.15) is 46.8 Å². The lowest BCUT2D eigenvalue weighted by Gasteiger charge is -2.13. The number of carboxylic acids is 1. The van der Waals surface area contributed by atoms with Gasteiger partial charge in [0, 0.05) is 12.2 Å². The number of unbranched alkanes of at least 4 members (excludes halogenated alkanes) is 1. The standard InChI is InChI=1S/C15H15NO2.C12H18N2O3S/c1-10-6-5-9-13(11(10)2)16-14-8-4-3-7-12(14)15(17)18;1-3-4-9-13-12(15)14-18(16,17)11-7-5-10(2)6-8-11/h3-9,16H,1-2H3,(H,17,18);5-8H,3-4,9H2,1-2H3,(H2,13,14,15). The number of anilines is 2. The smallest absolute Gasteiger partial charge is 0.337 e. The maximum atomic E-state index is 11.8. The molecule has 0 aliphatic heterocycles. The van der Waals surface area contributed by atoms with E-state index in [1.165, 1.54) is 17.7 Å². The Morgan fingerprint density at radius 3 is 2.14 bits per heavy atom. The molecular weight excluding hydrogens is 478 g/mol. The predicted octanol–water partition coefficient (Wildman–Crippen LogP) is 5.53. The highest BCUT2D eigenvalue weighted by molar-refractivity contribution is 7.90. The Morgan fingerprint density at radius 2 is 1.50 bits per heavy atom. The van der Waals surface area contributed by atoms with E-state index in [9.17, 15) is 18.0 Å². The summed E-state index contributed by atoms with van der Waals surface area (Å²) in [6.07, 6.45) is 1.75. The fourth-order valence-electron chi connectivity index (χ4n) is 3.12. The molecule has 3 aromatic carbocycles. The van der Waals surface area contributed by atoms with Crippen molar-refractivity contribution in [2.24, 2.45) is 0 Å². The van der Waals surface area contributed by atoms with Crippen molar-refractivity contribution in [3.63, 3.8) is 0 Å². The van der Waals surface area contributed by atoms with E-state index in [0.717, 1.165) is 29.7 Å². The minimum absolute atomic E-state index is 0.0822. The number of amides is 2. The summed E-state index contributed by atoms with van der Waals surface area (Å²) in [4.78, 5) is 22.6. The molecule has 0 heterocycles. The van der Waals surface area contributed by atoms with E-state index >= 15 is 0 Å². The summed E-state index contributed by atoms with van der Waals surface area (Å²) in [6, 6.07) is 18.4. The number of carbonyl (C=O) groups excluding carboxylic acids is 1. The molecule has 36 heavy (non-hydrogen) atoms. The van der Waals surface area contributed by atoms with Crippen LogP contribution in [-0.2, 0) is 10.0 Å². The average molecular weight is 512 g/mol. The molecule has 0 saturated carbocycles. The number of hydrogen-bond donors (Lipinski definition) is 4. The number of rotatable bonds is 8. The number of para-hydroxylation sites is 1. The van der Waals surface area contributed by atoms with Crippen LogP contribution in [-0.4, -0.2) is 32.1 Å². The molecule has 4 N–H and O–H groups in total. The third-order valence-electron chi connectivity index (χ3n) is 5.41. The lowest BCUT2D eigenvalue weighted by atomic mass is 10.1. The molecule has 0 unspecified atom stereocenters. The van der Waals surface area contributed by atoms with Gasteiger partial charge in [0.15, 0.2) is 0 Å². The van der Waals surface area contributed by atoms with Gasteiger partial charge in [-0.1, -0.05) is 55.3 Å². The molecule has 2 amide bonds. The maximum Gasteiger partial charge on any atom is 0.337 e. The maximum absolute atomic E-state index is 11.8. The van der Waals surface area contributed by atoms with Gasteiger partial charge in [0.2, 0.25) is 0 Å². The minimum atomic E-state index is -3.78. The van der Waals surface area contributed by atoms with Gasteiger partial charge in [-0.3, -0.25) is 0 Å². The van der Waals surface area contributed by atoms with Crippen LogP contribution in [0.5, 0.6) is 0 Å². The van der Waals surface area contributed by atoms with E-state index < -0.39 is 22.0 Å². The molecule has 192 valence electrons. The second kappa shape index (κ2) is 13.3. The van der Waals surface area contributed by atoms with Gasteiger partial charge in [-0.2, -0.15) is 0 Å². The number of sulfonamides is 1. The summed E-state index contributed by atoms with van der Waals surface area (Å²) < 4.78 is 25.6. The molecule has 3 rings (SSSR count). The average Bonchev–Trinajstić information content (AvgIpc) is 2.83. The van der Waals surface area contributed by atoms with Gasteiger partial charge in [0.05, 0.1) is 16.1 Å². The Labute approximate surface area is 212 Å². The van der Waals surface area contributed by atoms with Crippen molar-refractivity contribution >= 4 is 33.4 Å². The first-order valence-electron chi connectivity index (χ1n) is 11.6. The van der Waals surface area contributed by atoms with Crippen LogP contribution in [0.3, 0.4) is 0 Å². The SMILES string of the molecule is CCCCNC(=O)NS(=O)(=O)c1ccc(C)cc1.Cc1cccc(Nc2ccccc2C(=O)O)c1C. The summed E-state index contributed by atoms with van der Waals surface area (Å²) in [5.41, 5.74) is 5.08. The minimum Gasteiger partial charge on any atom is -0.478 e. The summed E-state index contributed by atoms with van der Waals surface area (Å²) in [6.45, 7) is 8.36. The molecule has 0 spiro atoms. The van der Waals surface area contributed by atoms with Crippen LogP contribution in [0, 0.1) is 20.8 Å². The van der Waals surface area contributed by atoms with Gasteiger partial charge in [-0.05, 0) is 68.7 Å². The van der Waals surface area contributed by atoms with E-state index in [1.807, 2.05) is 56.7 Å². The van der Waals surface area contributed by atoms with Crippen LogP contribution in [0.15, 0.2) is 71.6 Å². The third-order valence-corrected chi connectivity index (χ3v) is 6.75. The summed E-state index contributed by atoms with van der Waals surface area (Å²) in [7, 11) is -3.78. The monoisotopic (exact) mass is 511 g/mol. The van der Waals surface area contributed by atoms with Crippen LogP contribution in [0.4, 0.5) is 16.2 Å². The molecule has 0 radical (unpaired) electrons. The zero-order chi connectivity index (χ0) is 26.7. The van der Waals surface area contributed by atoms with Crippen molar-refractivity contribution in [1.29, 1.82) is 0 Å². The topological polar surface area (TPSA) is 125 Å². The van der Waals surface area contributed by atoms with E-state index in [-0.39, 0.29) is 10.5 Å². The number of urea groups is 1. The fraction of sp³-hybridized carbons (Fsp3) is 0.259. The molecule has 0 aliphatic rings. The number of aromatic carboxylic acids is 1. The van der Waals surface area contributed by atoms with Crippen molar-refractivity contribution in [2.75, 3.05) is 11.9 Å². The zero-order valence-corrected chi connectivity index (χ0v) is 21.8. The van der Waals surface area contributed by atoms with Crippen molar-refractivity contribution < 1.29 is 23.1 Å². The molecule has 0 atom stereocenters.